The van der Waals surface area contributed by atoms with Gasteiger partial charge in [0.2, 0.25) is 5.95 Å². The molecule has 2 saturated heterocycles. The average Bonchev–Trinajstić information content (AvgIpc) is 3.01. The number of fused-ring (bicyclic) bond motifs is 1. The number of piperidine rings is 1. The summed E-state index contributed by atoms with van der Waals surface area (Å²) in [5.74, 6) is 1.93. The number of anilines is 1. The Kier molecular flexibility index (Phi) is 3.60. The number of allylic oxidation sites excluding steroid dienone is 1. The van der Waals surface area contributed by atoms with E-state index in [-0.39, 0.29) is 0 Å². The van der Waals surface area contributed by atoms with Gasteiger partial charge in [-0.2, -0.15) is 0 Å². The third-order valence-corrected chi connectivity index (χ3v) is 4.38. The fourth-order valence-electron chi connectivity index (χ4n) is 3.37. The summed E-state index contributed by atoms with van der Waals surface area (Å²) in [5, 5.41) is 3.65. The molecule has 0 bridgehead atoms. The Morgan fingerprint density at radius 3 is 3.16 bits per heavy atom. The summed E-state index contributed by atoms with van der Waals surface area (Å²) in [7, 11) is 0. The fourth-order valence-corrected chi connectivity index (χ4v) is 3.37. The lowest BCUT2D eigenvalue weighted by atomic mass is 9.94. The van der Waals surface area contributed by atoms with Crippen molar-refractivity contribution in [2.45, 2.75) is 38.8 Å². The van der Waals surface area contributed by atoms with Gasteiger partial charge >= 0.3 is 0 Å². The molecule has 104 valence electrons. The molecule has 0 spiro atoms. The summed E-state index contributed by atoms with van der Waals surface area (Å²) < 4.78 is 2.24. The summed E-state index contributed by atoms with van der Waals surface area (Å²) in [6.45, 7) is 10.3. The first kappa shape index (κ1) is 12.7. The van der Waals surface area contributed by atoms with Gasteiger partial charge in [-0.25, -0.2) is 4.98 Å². The van der Waals surface area contributed by atoms with Gasteiger partial charge in [0, 0.05) is 31.9 Å². The summed E-state index contributed by atoms with van der Waals surface area (Å²) in [5.41, 5.74) is 1.18. The molecule has 1 aromatic rings. The lowest BCUT2D eigenvalue weighted by Gasteiger charge is -2.24. The number of aromatic nitrogens is 2. The van der Waals surface area contributed by atoms with E-state index in [0.29, 0.717) is 6.04 Å². The van der Waals surface area contributed by atoms with Crippen molar-refractivity contribution in [3.63, 3.8) is 0 Å². The molecule has 2 unspecified atom stereocenters. The molecule has 1 N–H and O–H groups in total. The number of nitrogens with zero attached hydrogens (tertiary/aromatic N) is 3. The van der Waals surface area contributed by atoms with Crippen LogP contribution in [-0.2, 0) is 13.0 Å². The highest BCUT2D eigenvalue weighted by Gasteiger charge is 2.35. The van der Waals surface area contributed by atoms with E-state index in [1.165, 1.54) is 25.1 Å². The maximum atomic E-state index is 4.80. The quantitative estimate of drug-likeness (QED) is 0.838. The second-order valence-electron chi connectivity index (χ2n) is 5.69. The summed E-state index contributed by atoms with van der Waals surface area (Å²) in [6.07, 6.45) is 7.79. The normalized spacial score (nSPS) is 26.5. The molecular formula is C15H24N4. The van der Waals surface area contributed by atoms with E-state index in [2.05, 4.69) is 34.5 Å². The van der Waals surface area contributed by atoms with E-state index in [4.69, 9.17) is 4.98 Å². The fraction of sp³-hybridized carbons (Fsp3) is 0.667. The Hall–Kier alpha value is -1.29. The van der Waals surface area contributed by atoms with Crippen molar-refractivity contribution < 1.29 is 0 Å². The van der Waals surface area contributed by atoms with E-state index in [1.54, 1.807) is 0 Å². The molecule has 2 aliphatic heterocycles. The van der Waals surface area contributed by atoms with Gasteiger partial charge < -0.3 is 14.8 Å². The van der Waals surface area contributed by atoms with Gasteiger partial charge in [-0.05, 0) is 31.7 Å². The minimum Gasteiger partial charge on any atom is -0.340 e. The molecule has 3 heterocycles. The van der Waals surface area contributed by atoms with Crippen LogP contribution in [0.1, 0.15) is 25.5 Å². The van der Waals surface area contributed by atoms with Crippen LogP contribution in [0.3, 0.4) is 0 Å². The van der Waals surface area contributed by atoms with E-state index in [0.717, 1.165) is 37.9 Å². The monoisotopic (exact) mass is 260 g/mol. The molecule has 0 saturated carbocycles. The highest BCUT2D eigenvalue weighted by Crippen LogP contribution is 2.28. The lowest BCUT2D eigenvalue weighted by Crippen LogP contribution is -2.40. The first-order valence-electron chi connectivity index (χ1n) is 7.47. The highest BCUT2D eigenvalue weighted by molar-refractivity contribution is 5.37. The standard InChI is InChI=1S/C15H24N4/c1-3-8-18-10-13(4-2)17-15(18)19-9-12-6-5-7-16-14(12)11-19/h3,10,12,14,16H,1,4-9,11H2,2H3. The molecular weight excluding hydrogens is 236 g/mol. The molecule has 2 aliphatic rings. The first-order chi connectivity index (χ1) is 9.31. The van der Waals surface area contributed by atoms with Crippen molar-refractivity contribution in [2.75, 3.05) is 24.5 Å². The van der Waals surface area contributed by atoms with Gasteiger partial charge in [0.1, 0.15) is 0 Å². The van der Waals surface area contributed by atoms with E-state index in [9.17, 15) is 0 Å². The highest BCUT2D eigenvalue weighted by atomic mass is 15.3. The van der Waals surface area contributed by atoms with E-state index < -0.39 is 0 Å². The molecule has 0 aromatic carbocycles. The van der Waals surface area contributed by atoms with Crippen molar-refractivity contribution in [1.82, 2.24) is 14.9 Å². The SMILES string of the molecule is C=CCn1cc(CC)nc1N1CC2CCCNC2C1. The van der Waals surface area contributed by atoms with Gasteiger partial charge in [-0.1, -0.05) is 13.0 Å². The van der Waals surface area contributed by atoms with Gasteiger partial charge in [0.05, 0.1) is 5.69 Å². The third kappa shape index (κ3) is 2.41. The summed E-state index contributed by atoms with van der Waals surface area (Å²) in [6, 6.07) is 0.660. The van der Waals surface area contributed by atoms with E-state index in [1.807, 2.05) is 6.08 Å². The number of rotatable bonds is 4. The van der Waals surface area contributed by atoms with Crippen molar-refractivity contribution >= 4 is 5.95 Å². The van der Waals surface area contributed by atoms with Crippen LogP contribution in [0.4, 0.5) is 5.95 Å². The van der Waals surface area contributed by atoms with Crippen LogP contribution < -0.4 is 10.2 Å². The van der Waals surface area contributed by atoms with Crippen molar-refractivity contribution in [3.8, 4) is 0 Å². The topological polar surface area (TPSA) is 33.1 Å². The minimum atomic E-state index is 0.660. The molecule has 4 heteroatoms. The second kappa shape index (κ2) is 5.37. The Bertz CT molecular complexity index is 437. The average molecular weight is 260 g/mol. The lowest BCUT2D eigenvalue weighted by molar-refractivity contribution is 0.340. The molecule has 0 radical (unpaired) electrons. The Morgan fingerprint density at radius 1 is 1.53 bits per heavy atom. The molecule has 2 atom stereocenters. The molecule has 3 rings (SSSR count). The molecule has 19 heavy (non-hydrogen) atoms. The van der Waals surface area contributed by atoms with Crippen LogP contribution in [0.5, 0.6) is 0 Å². The molecule has 2 fully saturated rings. The summed E-state index contributed by atoms with van der Waals surface area (Å²) >= 11 is 0. The van der Waals surface area contributed by atoms with Crippen molar-refractivity contribution in [1.29, 1.82) is 0 Å². The van der Waals surface area contributed by atoms with Crippen LogP contribution in [-0.4, -0.2) is 35.2 Å². The van der Waals surface area contributed by atoms with Gasteiger partial charge in [0.25, 0.3) is 0 Å². The predicted molar refractivity (Wildman–Crippen MR) is 78.5 cm³/mol. The minimum absolute atomic E-state index is 0.660. The van der Waals surface area contributed by atoms with Crippen LogP contribution in [0.2, 0.25) is 0 Å². The van der Waals surface area contributed by atoms with Crippen molar-refractivity contribution in [3.05, 3.63) is 24.5 Å². The number of nitrogens with one attached hydrogen (secondary N) is 1. The zero-order valence-corrected chi connectivity index (χ0v) is 11.8. The van der Waals surface area contributed by atoms with Crippen LogP contribution in [0.25, 0.3) is 0 Å². The smallest absolute Gasteiger partial charge is 0.206 e. The Labute approximate surface area is 115 Å². The van der Waals surface area contributed by atoms with Crippen LogP contribution >= 0.6 is 0 Å². The zero-order chi connectivity index (χ0) is 13.2. The third-order valence-electron chi connectivity index (χ3n) is 4.38. The molecule has 4 nitrogen and oxygen atoms in total. The first-order valence-corrected chi connectivity index (χ1v) is 7.47. The maximum Gasteiger partial charge on any atom is 0.206 e. The Morgan fingerprint density at radius 2 is 2.42 bits per heavy atom. The van der Waals surface area contributed by atoms with Crippen molar-refractivity contribution in [2.24, 2.45) is 5.92 Å². The number of aryl methyl sites for hydroxylation is 1. The van der Waals surface area contributed by atoms with E-state index >= 15 is 0 Å². The number of imidazole rings is 1. The molecule has 0 aliphatic carbocycles. The van der Waals surface area contributed by atoms with Gasteiger partial charge in [0.15, 0.2) is 0 Å². The number of hydrogen-bond acceptors (Lipinski definition) is 3. The predicted octanol–water partition coefficient (Wildman–Crippen LogP) is 1.82. The second-order valence-corrected chi connectivity index (χ2v) is 5.69. The largest absolute Gasteiger partial charge is 0.340 e. The molecule has 1 aromatic heterocycles. The maximum absolute atomic E-state index is 4.80. The number of hydrogen-bond donors (Lipinski definition) is 1. The van der Waals surface area contributed by atoms with Crippen LogP contribution in [0, 0.1) is 5.92 Å². The molecule has 0 amide bonds. The Balaban J connectivity index is 1.81. The zero-order valence-electron chi connectivity index (χ0n) is 11.8. The van der Waals surface area contributed by atoms with Gasteiger partial charge in [-0.3, -0.25) is 0 Å². The van der Waals surface area contributed by atoms with Gasteiger partial charge in [-0.15, -0.1) is 6.58 Å². The summed E-state index contributed by atoms with van der Waals surface area (Å²) in [4.78, 5) is 7.26. The van der Waals surface area contributed by atoms with Crippen LogP contribution in [0.15, 0.2) is 18.9 Å².